The number of hydrogen-bond donors (Lipinski definition) is 0. The molecule has 6 nitrogen and oxygen atoms in total. The van der Waals surface area contributed by atoms with Crippen molar-refractivity contribution in [3.8, 4) is 45.2 Å². The van der Waals surface area contributed by atoms with Crippen molar-refractivity contribution in [1.29, 1.82) is 21.0 Å². The zero-order chi connectivity index (χ0) is 71.6. The number of nitrogens with zero attached hydrogens (tertiary/aromatic N) is 4. The number of unbranched alkanes of at least 4 members (excludes halogenated alkanes) is 12. The van der Waals surface area contributed by atoms with Gasteiger partial charge in [0.2, 0.25) is 0 Å². The SMILES string of the molecule is CCCCCCc1cccc(C2(c3cccc(CCCCCC)c3)c3cc4c(cc3-c3sc5cc(CC6C(=O)c7ccccc7C6=C(C#N)C#N)sc5c32)C(c2cccc(CCCCCC)c2)(c2cccc(CCCCCC)c2)c2c-4sc3cc(CC4C(=O)c5ccccc5C4=C(C#N)C#N)sc23)c1. The van der Waals surface area contributed by atoms with Crippen LogP contribution in [0.2, 0.25) is 0 Å². The molecular formula is C94H86N4O2S4. The fourth-order valence-corrected chi connectivity index (χ4v) is 23.7. The molecule has 2 unspecified atom stereocenters. The van der Waals surface area contributed by atoms with Crippen LogP contribution >= 0.6 is 45.3 Å². The Hall–Kier alpha value is -9.36. The first-order chi connectivity index (χ1) is 51.1. The van der Waals surface area contributed by atoms with E-state index in [0.29, 0.717) is 46.2 Å². The molecule has 4 aliphatic carbocycles. The summed E-state index contributed by atoms with van der Waals surface area (Å²) in [7, 11) is 0. The van der Waals surface area contributed by atoms with Crippen LogP contribution in [0, 0.1) is 57.2 Å². The highest BCUT2D eigenvalue weighted by Crippen LogP contribution is 2.68. The highest BCUT2D eigenvalue weighted by atomic mass is 32.1. The topological polar surface area (TPSA) is 129 Å². The predicted molar refractivity (Wildman–Crippen MR) is 431 cm³/mol. The van der Waals surface area contributed by atoms with Crippen molar-refractivity contribution in [2.45, 2.75) is 180 Å². The van der Waals surface area contributed by atoms with Gasteiger partial charge in [0.1, 0.15) is 35.4 Å². The van der Waals surface area contributed by atoms with E-state index in [1.807, 2.05) is 71.2 Å². The molecule has 11 aromatic rings. The largest absolute Gasteiger partial charge is 0.293 e. The highest BCUT2D eigenvalue weighted by Gasteiger charge is 2.55. The molecule has 7 aromatic carbocycles. The van der Waals surface area contributed by atoms with Crippen LogP contribution in [-0.4, -0.2) is 11.6 Å². The number of carbonyl (C=O) groups excluding carboxylic acids is 2. The summed E-state index contributed by atoms with van der Waals surface area (Å²) < 4.78 is 4.73. The summed E-state index contributed by atoms with van der Waals surface area (Å²) in [6.07, 6.45) is 23.2. The molecule has 15 rings (SSSR count). The molecule has 104 heavy (non-hydrogen) atoms. The van der Waals surface area contributed by atoms with Crippen molar-refractivity contribution in [1.82, 2.24) is 0 Å². The Balaban J connectivity index is 1.01. The van der Waals surface area contributed by atoms with Crippen LogP contribution in [0.5, 0.6) is 0 Å². The van der Waals surface area contributed by atoms with Crippen LogP contribution in [0.3, 0.4) is 0 Å². The molecule has 0 amide bonds. The lowest BCUT2D eigenvalue weighted by atomic mass is 9.65. The third kappa shape index (κ3) is 12.2. The van der Waals surface area contributed by atoms with Gasteiger partial charge in [0.25, 0.3) is 0 Å². The Morgan fingerprint density at radius 3 is 0.981 bits per heavy atom. The molecule has 0 spiro atoms. The third-order valence-corrected chi connectivity index (χ3v) is 27.8. The van der Waals surface area contributed by atoms with E-state index in [0.717, 1.165) is 70.5 Å². The molecule has 4 aromatic heterocycles. The van der Waals surface area contributed by atoms with E-state index in [2.05, 4.69) is 173 Å². The van der Waals surface area contributed by atoms with Gasteiger partial charge in [-0.15, -0.1) is 45.3 Å². The number of nitriles is 4. The highest BCUT2D eigenvalue weighted by molar-refractivity contribution is 7.30. The number of thiophene rings is 4. The van der Waals surface area contributed by atoms with E-state index in [4.69, 9.17) is 0 Å². The van der Waals surface area contributed by atoms with Crippen molar-refractivity contribution in [3.05, 3.63) is 280 Å². The van der Waals surface area contributed by atoms with Gasteiger partial charge in [0, 0.05) is 51.2 Å². The minimum Gasteiger partial charge on any atom is -0.293 e. The van der Waals surface area contributed by atoms with Gasteiger partial charge in [-0.1, -0.05) is 250 Å². The molecule has 0 saturated heterocycles. The molecule has 0 N–H and O–H groups in total. The van der Waals surface area contributed by atoms with Crippen LogP contribution in [-0.2, 0) is 49.4 Å². The summed E-state index contributed by atoms with van der Waals surface area (Å²) in [6, 6.07) is 72.1. The number of hydrogen-bond acceptors (Lipinski definition) is 10. The van der Waals surface area contributed by atoms with E-state index >= 15 is 0 Å². The van der Waals surface area contributed by atoms with Gasteiger partial charge >= 0.3 is 0 Å². The maximum atomic E-state index is 14.8. The second-order valence-corrected chi connectivity index (χ2v) is 33.6. The first-order valence-electron chi connectivity index (χ1n) is 38.1. The minimum absolute atomic E-state index is 0.00748. The summed E-state index contributed by atoms with van der Waals surface area (Å²) in [5, 5.41) is 42.0. The average molecular weight is 1430 g/mol. The lowest BCUT2D eigenvalue weighted by molar-refractivity contribution is 0.0950. The van der Waals surface area contributed by atoms with Crippen molar-refractivity contribution < 1.29 is 9.59 Å². The van der Waals surface area contributed by atoms with Crippen molar-refractivity contribution in [2.75, 3.05) is 0 Å². The number of ketones is 2. The van der Waals surface area contributed by atoms with Gasteiger partial charge in [0.05, 0.1) is 32.1 Å². The number of fused-ring (bicyclic) bond motifs is 12. The number of benzene rings is 7. The molecule has 0 fully saturated rings. The van der Waals surface area contributed by atoms with E-state index in [1.165, 1.54) is 174 Å². The number of carbonyl (C=O) groups is 2. The maximum absolute atomic E-state index is 14.8. The Kier molecular flexibility index (Phi) is 20.5. The summed E-state index contributed by atoms with van der Waals surface area (Å²) in [5.74, 6) is -1.46. The molecule has 0 bridgehead atoms. The van der Waals surface area contributed by atoms with Crippen LogP contribution in [0.25, 0.3) is 50.8 Å². The Bertz CT molecular complexity index is 4960. The van der Waals surface area contributed by atoms with Crippen LogP contribution in [0.15, 0.2) is 181 Å². The second-order valence-electron chi connectivity index (χ2n) is 29.3. The molecular weight excluding hydrogens is 1350 g/mol. The van der Waals surface area contributed by atoms with Crippen LogP contribution < -0.4 is 0 Å². The maximum Gasteiger partial charge on any atom is 0.171 e. The molecule has 518 valence electrons. The summed E-state index contributed by atoms with van der Waals surface area (Å²) >= 11 is 7.30. The summed E-state index contributed by atoms with van der Waals surface area (Å²) in [6.45, 7) is 9.12. The smallest absolute Gasteiger partial charge is 0.171 e. The zero-order valence-electron chi connectivity index (χ0n) is 60.1. The zero-order valence-corrected chi connectivity index (χ0v) is 63.4. The van der Waals surface area contributed by atoms with Crippen LogP contribution in [0.1, 0.15) is 239 Å². The van der Waals surface area contributed by atoms with Crippen molar-refractivity contribution in [2.24, 2.45) is 11.8 Å². The van der Waals surface area contributed by atoms with E-state index in [1.54, 1.807) is 22.7 Å². The molecule has 4 aliphatic rings. The Morgan fingerprint density at radius 1 is 0.356 bits per heavy atom. The first-order valence-corrected chi connectivity index (χ1v) is 41.4. The molecule has 10 heteroatoms. The monoisotopic (exact) mass is 1430 g/mol. The molecule has 4 heterocycles. The van der Waals surface area contributed by atoms with Gasteiger partial charge < -0.3 is 0 Å². The van der Waals surface area contributed by atoms with E-state index in [9.17, 15) is 30.6 Å². The number of Topliss-reactive ketones (excluding diaryl/α,β-unsaturated/α-hetero) is 2. The predicted octanol–water partition coefficient (Wildman–Crippen LogP) is 25.2. The van der Waals surface area contributed by atoms with Crippen molar-refractivity contribution in [3.63, 3.8) is 0 Å². The molecule has 0 radical (unpaired) electrons. The first kappa shape index (κ1) is 70.3. The van der Waals surface area contributed by atoms with Gasteiger partial charge in [-0.2, -0.15) is 21.0 Å². The third-order valence-electron chi connectivity index (χ3n) is 22.8. The minimum atomic E-state index is -0.815. The fourth-order valence-electron chi connectivity index (χ4n) is 18.0. The van der Waals surface area contributed by atoms with Gasteiger partial charge in [-0.25, -0.2) is 0 Å². The fraction of sp³-hybridized carbons (Fsp3) is 0.319. The number of allylic oxidation sites excluding steroid dienone is 4. The Labute approximate surface area is 629 Å². The van der Waals surface area contributed by atoms with Gasteiger partial charge in [-0.3, -0.25) is 9.59 Å². The van der Waals surface area contributed by atoms with E-state index in [-0.39, 0.29) is 22.7 Å². The summed E-state index contributed by atoms with van der Waals surface area (Å²) in [4.78, 5) is 34.1. The summed E-state index contributed by atoms with van der Waals surface area (Å²) in [5.41, 5.74) is 19.7. The number of rotatable bonds is 28. The van der Waals surface area contributed by atoms with E-state index < -0.39 is 22.7 Å². The second kappa shape index (κ2) is 30.4. The Morgan fingerprint density at radius 2 is 0.673 bits per heavy atom. The number of aryl methyl sites for hydroxylation is 4. The van der Waals surface area contributed by atoms with Gasteiger partial charge in [-0.05, 0) is 178 Å². The average Bonchev–Trinajstić information content (AvgIpc) is 1.49. The standard InChI is InChI=1S/C94H86N4O2S4/c1-5-9-13-17-29-59-33-25-37-65(45-59)93(66-38-26-34-60(46-66)30-18-14-10-6-2)79-53-76-80(54-75(79)89-85(93)91-81(103-89)51-69(101-91)49-77-83(63(55-95)56-96)71-41-21-23-43-73(71)87(77)99)94(67-39-27-35-61(47-67)31-19-15-11-7-3,68-40-28-36-62(48-68)32-20-16-12-8-4)86-90(76)104-82-52-70(102-92(82)86)50-78-84(64(57-97)58-98)72-42-22-24-44-74(72)88(78)100/h21-28,33-48,51-54,77-78H,5-20,29-32,49-50H2,1-4H3. The normalized spacial score (nSPS) is 15.5. The van der Waals surface area contributed by atoms with Gasteiger partial charge in [0.15, 0.2) is 11.6 Å². The molecule has 0 saturated carbocycles. The van der Waals surface area contributed by atoms with Crippen LogP contribution in [0.4, 0.5) is 0 Å². The molecule has 0 aliphatic heterocycles. The lowest BCUT2D eigenvalue weighted by Crippen LogP contribution is -2.30. The lowest BCUT2D eigenvalue weighted by Gasteiger charge is -2.36. The van der Waals surface area contributed by atoms with Crippen molar-refractivity contribution >= 4 is 86.9 Å². The quantitative estimate of drug-likeness (QED) is 0.0355. The molecule has 2 atom stereocenters.